The Kier molecular flexibility index (Phi) is 4.25. The largest absolute Gasteiger partial charge is 0.393 e. The summed E-state index contributed by atoms with van der Waals surface area (Å²) in [6.07, 6.45) is 0.852. The molecule has 1 heterocycles. The minimum absolute atomic E-state index is 0.0143. The van der Waals surface area contributed by atoms with Crippen LogP contribution in [-0.2, 0) is 6.42 Å². The number of anilines is 1. The molecule has 0 bridgehead atoms. The van der Waals surface area contributed by atoms with E-state index in [9.17, 15) is 5.11 Å². The van der Waals surface area contributed by atoms with Crippen molar-refractivity contribution in [3.8, 4) is 0 Å². The van der Waals surface area contributed by atoms with Gasteiger partial charge in [0.2, 0.25) is 0 Å². The third kappa shape index (κ3) is 2.81. The summed E-state index contributed by atoms with van der Waals surface area (Å²) in [4.78, 5) is 0. The second-order valence-electron chi connectivity index (χ2n) is 6.25. The third-order valence-corrected chi connectivity index (χ3v) is 5.64. The molecule has 0 fully saturated rings. The average molecular weight is 403 g/mol. The molecule has 0 amide bonds. The first-order valence-electron chi connectivity index (χ1n) is 8.02. The number of hydrogen-bond acceptors (Lipinski definition) is 2. The van der Waals surface area contributed by atoms with Gasteiger partial charge in [-0.2, -0.15) is 0 Å². The maximum Gasteiger partial charge on any atom is 0.0604 e. The second kappa shape index (κ2) is 6.40. The first kappa shape index (κ1) is 15.9. The van der Waals surface area contributed by atoms with Crippen molar-refractivity contribution in [3.05, 3.63) is 75.2 Å². The molecule has 1 aliphatic heterocycles. The lowest BCUT2D eigenvalue weighted by atomic mass is 9.99. The third-order valence-electron chi connectivity index (χ3n) is 4.64. The Balaban J connectivity index is 1.88. The second-order valence-corrected chi connectivity index (χ2v) is 7.51. The van der Waals surface area contributed by atoms with E-state index in [-0.39, 0.29) is 6.04 Å². The van der Waals surface area contributed by atoms with Crippen LogP contribution >= 0.6 is 27.5 Å². The van der Waals surface area contributed by atoms with E-state index in [0.29, 0.717) is 12.8 Å². The summed E-state index contributed by atoms with van der Waals surface area (Å²) < 4.78 is 1.06. The molecular weight excluding hydrogens is 386 g/mol. The fourth-order valence-electron chi connectivity index (χ4n) is 3.52. The van der Waals surface area contributed by atoms with Gasteiger partial charge in [-0.15, -0.1) is 0 Å². The number of benzene rings is 3. The van der Waals surface area contributed by atoms with Crippen LogP contribution in [0.5, 0.6) is 0 Å². The van der Waals surface area contributed by atoms with Crippen molar-refractivity contribution in [1.82, 2.24) is 0 Å². The molecule has 1 aliphatic rings. The predicted molar refractivity (Wildman–Crippen MR) is 104 cm³/mol. The Morgan fingerprint density at radius 2 is 1.75 bits per heavy atom. The van der Waals surface area contributed by atoms with Crippen molar-refractivity contribution in [1.29, 1.82) is 0 Å². The SMILES string of the molecule is O[C@@H]1Cc2cc(Br)c3ccccc3c2N[C@H](c2ccccc2Cl)C1. The van der Waals surface area contributed by atoms with Gasteiger partial charge in [0.25, 0.3) is 0 Å². The quantitative estimate of drug-likeness (QED) is 0.546. The van der Waals surface area contributed by atoms with Crippen molar-refractivity contribution in [2.24, 2.45) is 0 Å². The highest BCUT2D eigenvalue weighted by molar-refractivity contribution is 9.10. The van der Waals surface area contributed by atoms with E-state index in [1.165, 1.54) is 0 Å². The van der Waals surface area contributed by atoms with Crippen LogP contribution in [0.3, 0.4) is 0 Å². The monoisotopic (exact) mass is 401 g/mol. The van der Waals surface area contributed by atoms with Gasteiger partial charge in [-0.3, -0.25) is 0 Å². The summed E-state index contributed by atoms with van der Waals surface area (Å²) in [5.74, 6) is 0. The maximum absolute atomic E-state index is 10.5. The van der Waals surface area contributed by atoms with Crippen LogP contribution in [-0.4, -0.2) is 11.2 Å². The van der Waals surface area contributed by atoms with E-state index in [0.717, 1.165) is 37.1 Å². The Labute approximate surface area is 154 Å². The van der Waals surface area contributed by atoms with Gasteiger partial charge in [0.1, 0.15) is 0 Å². The summed E-state index contributed by atoms with van der Waals surface area (Å²) in [6.45, 7) is 0. The molecule has 4 heteroatoms. The Hall–Kier alpha value is -1.55. The molecule has 0 unspecified atom stereocenters. The summed E-state index contributed by atoms with van der Waals surface area (Å²) in [5.41, 5.74) is 3.25. The smallest absolute Gasteiger partial charge is 0.0604 e. The van der Waals surface area contributed by atoms with E-state index < -0.39 is 6.10 Å². The molecule has 24 heavy (non-hydrogen) atoms. The van der Waals surface area contributed by atoms with E-state index >= 15 is 0 Å². The van der Waals surface area contributed by atoms with Gasteiger partial charge in [0, 0.05) is 27.0 Å². The molecule has 3 aromatic rings. The summed E-state index contributed by atoms with van der Waals surface area (Å²) in [6, 6.07) is 18.2. The van der Waals surface area contributed by atoms with Crippen LogP contribution in [0.1, 0.15) is 23.6 Å². The van der Waals surface area contributed by atoms with Crippen molar-refractivity contribution in [2.75, 3.05) is 5.32 Å². The highest BCUT2D eigenvalue weighted by Crippen LogP contribution is 2.40. The summed E-state index contributed by atoms with van der Waals surface area (Å²) in [7, 11) is 0. The molecule has 0 aliphatic carbocycles. The van der Waals surface area contributed by atoms with Gasteiger partial charge in [0.15, 0.2) is 0 Å². The number of aliphatic hydroxyl groups excluding tert-OH is 1. The molecule has 2 atom stereocenters. The van der Waals surface area contributed by atoms with Crippen LogP contribution in [0.4, 0.5) is 5.69 Å². The lowest BCUT2D eigenvalue weighted by Crippen LogP contribution is -2.16. The van der Waals surface area contributed by atoms with Crippen LogP contribution in [0.15, 0.2) is 59.1 Å². The molecule has 3 aromatic carbocycles. The van der Waals surface area contributed by atoms with Crippen LogP contribution < -0.4 is 5.32 Å². The van der Waals surface area contributed by atoms with Crippen LogP contribution in [0.2, 0.25) is 5.02 Å². The van der Waals surface area contributed by atoms with Crippen LogP contribution in [0.25, 0.3) is 10.8 Å². The zero-order valence-electron chi connectivity index (χ0n) is 13.0. The van der Waals surface area contributed by atoms with E-state index in [2.05, 4.69) is 39.4 Å². The highest BCUT2D eigenvalue weighted by Gasteiger charge is 2.26. The van der Waals surface area contributed by atoms with Gasteiger partial charge in [0.05, 0.1) is 12.1 Å². The average Bonchev–Trinajstić information content (AvgIpc) is 2.74. The van der Waals surface area contributed by atoms with Gasteiger partial charge in [-0.05, 0) is 35.1 Å². The molecule has 0 aromatic heterocycles. The van der Waals surface area contributed by atoms with Crippen LogP contribution in [0, 0.1) is 0 Å². The van der Waals surface area contributed by atoms with E-state index in [1.807, 2.05) is 36.4 Å². The summed E-state index contributed by atoms with van der Waals surface area (Å²) in [5, 5.41) is 17.2. The topological polar surface area (TPSA) is 32.3 Å². The number of aliphatic hydroxyl groups is 1. The number of rotatable bonds is 1. The molecule has 0 spiro atoms. The van der Waals surface area contributed by atoms with E-state index in [1.54, 1.807) is 0 Å². The molecule has 0 saturated carbocycles. The number of halogens is 2. The molecule has 0 saturated heterocycles. The first-order valence-corrected chi connectivity index (χ1v) is 9.19. The normalized spacial score (nSPS) is 20.3. The maximum atomic E-state index is 10.5. The first-order chi connectivity index (χ1) is 11.6. The van der Waals surface area contributed by atoms with Gasteiger partial charge < -0.3 is 10.4 Å². The van der Waals surface area contributed by atoms with Crippen molar-refractivity contribution in [3.63, 3.8) is 0 Å². The molecule has 4 rings (SSSR count). The number of nitrogens with one attached hydrogen (secondary N) is 1. The fraction of sp³-hybridized carbons (Fsp3) is 0.200. The fourth-order valence-corrected chi connectivity index (χ4v) is 4.41. The minimum atomic E-state index is -0.409. The van der Waals surface area contributed by atoms with E-state index in [4.69, 9.17) is 11.6 Å². The van der Waals surface area contributed by atoms with Crippen molar-refractivity contribution in [2.45, 2.75) is 25.0 Å². The zero-order valence-corrected chi connectivity index (χ0v) is 15.3. The minimum Gasteiger partial charge on any atom is -0.393 e. The lowest BCUT2D eigenvalue weighted by Gasteiger charge is -2.22. The predicted octanol–water partition coefficient (Wildman–Crippen LogP) is 5.72. The molecule has 2 nitrogen and oxygen atoms in total. The highest BCUT2D eigenvalue weighted by atomic mass is 79.9. The Morgan fingerprint density at radius 3 is 2.54 bits per heavy atom. The summed E-state index contributed by atoms with van der Waals surface area (Å²) >= 11 is 10.1. The standard InChI is InChI=1S/C20H17BrClNO/c21-17-10-12-9-13(24)11-19(16-7-3-4-8-18(16)22)23-20(12)15-6-2-1-5-14(15)17/h1-8,10,13,19,23-24H,9,11H2/t13-,19+/m1/s1. The molecule has 122 valence electrons. The number of hydrogen-bond donors (Lipinski definition) is 2. The zero-order chi connectivity index (χ0) is 16.7. The molecular formula is C20H17BrClNO. The van der Waals surface area contributed by atoms with Gasteiger partial charge in [-0.25, -0.2) is 0 Å². The van der Waals surface area contributed by atoms with Gasteiger partial charge in [-0.1, -0.05) is 70.0 Å². The molecule has 0 radical (unpaired) electrons. The van der Waals surface area contributed by atoms with Crippen molar-refractivity contribution < 1.29 is 5.11 Å². The lowest BCUT2D eigenvalue weighted by molar-refractivity contribution is 0.161. The van der Waals surface area contributed by atoms with Gasteiger partial charge >= 0.3 is 0 Å². The number of fused-ring (bicyclic) bond motifs is 3. The van der Waals surface area contributed by atoms with Crippen molar-refractivity contribution >= 4 is 44.0 Å². The molecule has 2 N–H and O–H groups in total. The Bertz CT molecular complexity index is 911. The Morgan fingerprint density at radius 1 is 1.04 bits per heavy atom.